The third kappa shape index (κ3) is 3.42. The minimum Gasteiger partial charge on any atom is -0.454 e. The summed E-state index contributed by atoms with van der Waals surface area (Å²) in [6.45, 7) is -0.672. The normalized spacial score (nSPS) is 11.0. The molecular formula is C17H12N4O5S. The number of fused-ring (bicyclic) bond motifs is 1. The lowest BCUT2D eigenvalue weighted by atomic mass is 10.2. The van der Waals surface area contributed by atoms with Gasteiger partial charge in [-0.15, -0.1) is 11.3 Å². The van der Waals surface area contributed by atoms with Crippen LogP contribution in [0.15, 0.2) is 55.9 Å². The summed E-state index contributed by atoms with van der Waals surface area (Å²) in [5, 5.41) is 8.55. The molecule has 4 rings (SSSR count). The van der Waals surface area contributed by atoms with E-state index in [9.17, 15) is 14.4 Å². The Morgan fingerprint density at radius 2 is 2.00 bits per heavy atom. The number of esters is 1. The topological polar surface area (TPSA) is 120 Å². The second kappa shape index (κ2) is 7.00. The van der Waals surface area contributed by atoms with E-state index in [1.807, 2.05) is 17.5 Å². The molecule has 0 spiro atoms. The minimum atomic E-state index is -0.723. The summed E-state index contributed by atoms with van der Waals surface area (Å²) in [5.41, 5.74) is -0.949. The van der Waals surface area contributed by atoms with Crippen molar-refractivity contribution < 1.29 is 14.1 Å². The zero-order valence-electron chi connectivity index (χ0n) is 13.7. The van der Waals surface area contributed by atoms with Crippen molar-refractivity contribution in [1.29, 1.82) is 0 Å². The number of aromatic amines is 1. The maximum absolute atomic E-state index is 12.4. The Labute approximate surface area is 154 Å². The van der Waals surface area contributed by atoms with Crippen LogP contribution in [0.3, 0.4) is 0 Å². The predicted molar refractivity (Wildman–Crippen MR) is 96.2 cm³/mol. The van der Waals surface area contributed by atoms with Gasteiger partial charge in [0, 0.05) is 0 Å². The van der Waals surface area contributed by atoms with Crippen molar-refractivity contribution in [2.24, 2.45) is 0 Å². The number of hydrogen-bond acceptors (Lipinski definition) is 8. The van der Waals surface area contributed by atoms with E-state index in [1.54, 1.807) is 18.2 Å². The maximum Gasteiger partial charge on any atom is 0.328 e. The third-order valence-corrected chi connectivity index (χ3v) is 4.60. The van der Waals surface area contributed by atoms with Crippen molar-refractivity contribution in [2.45, 2.75) is 13.2 Å². The summed E-state index contributed by atoms with van der Waals surface area (Å²) in [7, 11) is 0. The fourth-order valence-electron chi connectivity index (χ4n) is 2.49. The van der Waals surface area contributed by atoms with E-state index in [2.05, 4.69) is 15.2 Å². The number of carbonyl (C=O) groups is 1. The van der Waals surface area contributed by atoms with Crippen LogP contribution in [0.1, 0.15) is 5.89 Å². The number of aromatic nitrogens is 4. The van der Waals surface area contributed by atoms with Gasteiger partial charge in [0.2, 0.25) is 5.82 Å². The summed E-state index contributed by atoms with van der Waals surface area (Å²) in [6, 6.07) is 10.1. The van der Waals surface area contributed by atoms with Crippen LogP contribution in [-0.4, -0.2) is 25.9 Å². The molecule has 1 aromatic carbocycles. The Kier molecular flexibility index (Phi) is 4.38. The lowest BCUT2D eigenvalue weighted by molar-refractivity contribution is -0.146. The molecule has 3 aromatic heterocycles. The van der Waals surface area contributed by atoms with Crippen molar-refractivity contribution in [2.75, 3.05) is 0 Å². The Hall–Kier alpha value is -3.53. The molecule has 4 aromatic rings. The van der Waals surface area contributed by atoms with E-state index >= 15 is 0 Å². The van der Waals surface area contributed by atoms with Crippen molar-refractivity contribution >= 4 is 28.1 Å². The molecule has 136 valence electrons. The highest BCUT2D eigenvalue weighted by molar-refractivity contribution is 7.13. The quantitative estimate of drug-likeness (QED) is 0.518. The van der Waals surface area contributed by atoms with Gasteiger partial charge in [-0.05, 0) is 23.6 Å². The van der Waals surface area contributed by atoms with Crippen molar-refractivity contribution in [3.8, 4) is 10.7 Å². The molecule has 0 fully saturated rings. The minimum absolute atomic E-state index is 0.131. The molecule has 0 bridgehead atoms. The number of ether oxygens (including phenoxy) is 1. The van der Waals surface area contributed by atoms with Gasteiger partial charge in [0.15, 0.2) is 6.61 Å². The molecule has 0 saturated heterocycles. The van der Waals surface area contributed by atoms with Crippen LogP contribution in [0.25, 0.3) is 21.5 Å². The molecule has 0 aliphatic rings. The Bertz CT molecular complexity index is 1220. The molecule has 0 saturated carbocycles. The van der Waals surface area contributed by atoms with Gasteiger partial charge >= 0.3 is 5.97 Å². The summed E-state index contributed by atoms with van der Waals surface area (Å²) in [6.07, 6.45) is 0. The van der Waals surface area contributed by atoms with Crippen LogP contribution >= 0.6 is 11.3 Å². The van der Waals surface area contributed by atoms with E-state index in [1.165, 1.54) is 17.4 Å². The van der Waals surface area contributed by atoms with E-state index in [4.69, 9.17) is 9.26 Å². The van der Waals surface area contributed by atoms with Gasteiger partial charge in [-0.3, -0.25) is 19.5 Å². The van der Waals surface area contributed by atoms with E-state index in [0.717, 1.165) is 9.56 Å². The Morgan fingerprint density at radius 1 is 1.19 bits per heavy atom. The molecule has 0 amide bonds. The number of nitrogens with one attached hydrogen (secondary N) is 1. The monoisotopic (exact) mass is 384 g/mol. The van der Waals surface area contributed by atoms with Crippen molar-refractivity contribution in [3.05, 3.63) is 68.4 Å². The van der Waals surface area contributed by atoms with Gasteiger partial charge < -0.3 is 9.26 Å². The first-order valence-corrected chi connectivity index (χ1v) is 8.74. The number of thiophene rings is 1. The fraction of sp³-hybridized carbons (Fsp3) is 0.118. The fourth-order valence-corrected chi connectivity index (χ4v) is 3.14. The first-order valence-electron chi connectivity index (χ1n) is 7.86. The number of nitrogens with zero attached hydrogens (tertiary/aromatic N) is 3. The summed E-state index contributed by atoms with van der Waals surface area (Å²) >= 11 is 1.45. The Balaban J connectivity index is 1.46. The first-order chi connectivity index (χ1) is 13.1. The molecule has 0 aliphatic carbocycles. The SMILES string of the molecule is O=C(Cn1[nH]c(=O)c2ccccc2c1=O)OCc1nc(-c2cccs2)no1. The molecule has 0 radical (unpaired) electrons. The highest BCUT2D eigenvalue weighted by atomic mass is 32.1. The van der Waals surface area contributed by atoms with Gasteiger partial charge in [-0.1, -0.05) is 23.4 Å². The van der Waals surface area contributed by atoms with Crippen LogP contribution in [-0.2, 0) is 22.7 Å². The number of hydrogen-bond donors (Lipinski definition) is 1. The maximum atomic E-state index is 12.4. The molecule has 27 heavy (non-hydrogen) atoms. The summed E-state index contributed by atoms with van der Waals surface area (Å²) < 4.78 is 11.0. The highest BCUT2D eigenvalue weighted by Gasteiger charge is 2.14. The van der Waals surface area contributed by atoms with Gasteiger partial charge in [0.25, 0.3) is 17.0 Å². The van der Waals surface area contributed by atoms with Crippen LogP contribution in [0, 0.1) is 0 Å². The number of H-pyrrole nitrogens is 1. The molecule has 10 heteroatoms. The number of carbonyl (C=O) groups excluding carboxylic acids is 1. The van der Waals surface area contributed by atoms with E-state index < -0.39 is 23.6 Å². The molecular weight excluding hydrogens is 372 g/mol. The van der Waals surface area contributed by atoms with E-state index in [0.29, 0.717) is 5.82 Å². The molecule has 9 nitrogen and oxygen atoms in total. The lowest BCUT2D eigenvalue weighted by Crippen LogP contribution is -2.32. The second-order valence-corrected chi connectivity index (χ2v) is 6.48. The number of benzene rings is 1. The third-order valence-electron chi connectivity index (χ3n) is 3.74. The van der Waals surface area contributed by atoms with Crippen LogP contribution in [0.4, 0.5) is 0 Å². The zero-order chi connectivity index (χ0) is 18.8. The number of rotatable bonds is 5. The second-order valence-electron chi connectivity index (χ2n) is 5.53. The summed E-state index contributed by atoms with van der Waals surface area (Å²) in [5.74, 6) is -0.184. The lowest BCUT2D eigenvalue weighted by Gasteiger charge is -2.06. The van der Waals surface area contributed by atoms with Gasteiger partial charge in [-0.2, -0.15) is 4.98 Å². The first kappa shape index (κ1) is 16.9. The van der Waals surface area contributed by atoms with Crippen LogP contribution < -0.4 is 11.1 Å². The average Bonchev–Trinajstić information content (AvgIpc) is 3.36. The van der Waals surface area contributed by atoms with Crippen LogP contribution in [0.5, 0.6) is 0 Å². The van der Waals surface area contributed by atoms with Crippen molar-refractivity contribution in [1.82, 2.24) is 19.9 Å². The Morgan fingerprint density at radius 3 is 2.78 bits per heavy atom. The molecule has 0 unspecified atom stereocenters. The standard InChI is InChI=1S/C17H12N4O5S/c22-14(25-9-13-18-15(20-26-13)12-6-3-7-27-12)8-21-17(24)11-5-2-1-4-10(11)16(23)19-21/h1-7H,8-9H2,(H,19,23). The van der Waals surface area contributed by atoms with Gasteiger partial charge in [0.05, 0.1) is 15.6 Å². The largest absolute Gasteiger partial charge is 0.454 e. The van der Waals surface area contributed by atoms with Crippen molar-refractivity contribution in [3.63, 3.8) is 0 Å². The molecule has 0 aliphatic heterocycles. The van der Waals surface area contributed by atoms with E-state index in [-0.39, 0.29) is 23.3 Å². The summed E-state index contributed by atoms with van der Waals surface area (Å²) in [4.78, 5) is 41.4. The molecule has 1 N–H and O–H groups in total. The zero-order valence-corrected chi connectivity index (χ0v) is 14.6. The molecule has 3 heterocycles. The van der Waals surface area contributed by atoms with Gasteiger partial charge in [-0.25, -0.2) is 4.68 Å². The highest BCUT2D eigenvalue weighted by Crippen LogP contribution is 2.21. The predicted octanol–water partition coefficient (Wildman–Crippen LogP) is 1.54. The molecule has 0 atom stereocenters. The smallest absolute Gasteiger partial charge is 0.328 e. The average molecular weight is 384 g/mol. The van der Waals surface area contributed by atoms with Gasteiger partial charge in [0.1, 0.15) is 6.54 Å². The van der Waals surface area contributed by atoms with Crippen LogP contribution in [0.2, 0.25) is 0 Å².